The van der Waals surface area contributed by atoms with Crippen molar-refractivity contribution in [2.75, 3.05) is 4.90 Å². The fourth-order valence-electron chi connectivity index (χ4n) is 3.45. The van der Waals surface area contributed by atoms with Gasteiger partial charge in [-0.2, -0.15) is 13.2 Å². The van der Waals surface area contributed by atoms with Crippen molar-refractivity contribution in [3.8, 4) is 5.75 Å². The van der Waals surface area contributed by atoms with Gasteiger partial charge in [0.1, 0.15) is 17.9 Å². The van der Waals surface area contributed by atoms with Gasteiger partial charge in [0.2, 0.25) is 0 Å². The van der Waals surface area contributed by atoms with Crippen LogP contribution in [0.5, 0.6) is 5.75 Å². The zero-order valence-electron chi connectivity index (χ0n) is 18.7. The fraction of sp³-hybridized carbons (Fsp3) is 0.0800. The van der Waals surface area contributed by atoms with Crippen LogP contribution < -0.4 is 15.0 Å². The number of amides is 4. The van der Waals surface area contributed by atoms with Gasteiger partial charge in [-0.1, -0.05) is 52.5 Å². The number of halogens is 7. The minimum atomic E-state index is -4.77. The molecule has 4 amide bonds. The second kappa shape index (κ2) is 10.9. The maximum atomic E-state index is 13.3. The van der Waals surface area contributed by atoms with E-state index < -0.39 is 40.8 Å². The van der Waals surface area contributed by atoms with E-state index in [1.54, 1.807) is 18.2 Å². The van der Waals surface area contributed by atoms with E-state index >= 15 is 0 Å². The van der Waals surface area contributed by atoms with Crippen LogP contribution in [0.3, 0.4) is 0 Å². The molecule has 0 bridgehead atoms. The van der Waals surface area contributed by atoms with Crippen molar-refractivity contribution in [2.24, 2.45) is 0 Å². The molecule has 1 N–H and O–H groups in total. The Bertz CT molecular complexity index is 1510. The van der Waals surface area contributed by atoms with Crippen molar-refractivity contribution < 1.29 is 32.3 Å². The molecule has 0 aromatic heterocycles. The van der Waals surface area contributed by atoms with Crippen LogP contribution in [-0.2, 0) is 22.4 Å². The summed E-state index contributed by atoms with van der Waals surface area (Å²) in [6.45, 7) is 0.0271. The number of ether oxygens (including phenoxy) is 1. The summed E-state index contributed by atoms with van der Waals surface area (Å²) in [6.07, 6.45) is -3.67. The first kappa shape index (κ1) is 27.8. The Morgan fingerprint density at radius 3 is 2.26 bits per heavy atom. The van der Waals surface area contributed by atoms with E-state index in [1.807, 2.05) is 5.32 Å². The standard InChI is InChI=1S/C25H13Cl4F3N2O4/c26-15-3-6-21(38-11-12-1-4-17(27)19(29)7-12)13(8-15)9-16-22(35)33-24(37)34(23(16)36)20-10-14(25(30,31)32)2-5-18(20)28/h1-10H,11H2,(H,33,35,37)/b16-9-. The highest BCUT2D eigenvalue weighted by atomic mass is 35.5. The maximum Gasteiger partial charge on any atom is 0.416 e. The zero-order valence-corrected chi connectivity index (χ0v) is 21.7. The topological polar surface area (TPSA) is 75.7 Å². The number of urea groups is 1. The maximum absolute atomic E-state index is 13.3. The summed E-state index contributed by atoms with van der Waals surface area (Å²) in [5.74, 6) is -2.07. The van der Waals surface area contributed by atoms with Gasteiger partial charge >= 0.3 is 12.2 Å². The monoisotopic (exact) mass is 602 g/mol. The van der Waals surface area contributed by atoms with Gasteiger partial charge in [-0.05, 0) is 60.2 Å². The number of nitrogens with one attached hydrogen (secondary N) is 1. The van der Waals surface area contributed by atoms with Crippen LogP contribution in [0.15, 0.2) is 60.2 Å². The van der Waals surface area contributed by atoms with Crippen molar-refractivity contribution >= 4 is 76.0 Å². The Labute approximate surface area is 233 Å². The van der Waals surface area contributed by atoms with E-state index in [0.717, 1.165) is 12.1 Å². The molecule has 196 valence electrons. The van der Waals surface area contributed by atoms with Crippen molar-refractivity contribution in [1.82, 2.24) is 5.32 Å². The fourth-order valence-corrected chi connectivity index (χ4v) is 4.15. The highest BCUT2D eigenvalue weighted by Gasteiger charge is 2.39. The van der Waals surface area contributed by atoms with Gasteiger partial charge in [0.05, 0.1) is 26.3 Å². The lowest BCUT2D eigenvalue weighted by Gasteiger charge is -2.27. The average Bonchev–Trinajstić information content (AvgIpc) is 2.83. The summed E-state index contributed by atoms with van der Waals surface area (Å²) in [5.41, 5.74) is -1.42. The summed E-state index contributed by atoms with van der Waals surface area (Å²) in [5, 5.41) is 2.52. The van der Waals surface area contributed by atoms with E-state index in [0.29, 0.717) is 32.6 Å². The van der Waals surface area contributed by atoms with E-state index in [4.69, 9.17) is 51.1 Å². The summed E-state index contributed by atoms with van der Waals surface area (Å²) in [7, 11) is 0. The van der Waals surface area contributed by atoms with Gasteiger partial charge in [0.15, 0.2) is 0 Å². The molecule has 0 radical (unpaired) electrons. The van der Waals surface area contributed by atoms with E-state index in [-0.39, 0.29) is 28.0 Å². The van der Waals surface area contributed by atoms with Gasteiger partial charge < -0.3 is 4.74 Å². The van der Waals surface area contributed by atoms with Gasteiger partial charge in [-0.3, -0.25) is 14.9 Å². The van der Waals surface area contributed by atoms with Crippen molar-refractivity contribution in [3.05, 3.63) is 97.0 Å². The van der Waals surface area contributed by atoms with Gasteiger partial charge in [-0.25, -0.2) is 9.69 Å². The molecule has 38 heavy (non-hydrogen) atoms. The second-order valence-electron chi connectivity index (χ2n) is 7.84. The predicted molar refractivity (Wildman–Crippen MR) is 138 cm³/mol. The van der Waals surface area contributed by atoms with Crippen molar-refractivity contribution in [2.45, 2.75) is 12.8 Å². The number of alkyl halides is 3. The Kier molecular flexibility index (Phi) is 7.94. The number of nitrogens with zero attached hydrogens (tertiary/aromatic N) is 1. The number of benzene rings is 3. The number of carbonyl (C=O) groups is 3. The molecule has 0 unspecified atom stereocenters. The summed E-state index contributed by atoms with van der Waals surface area (Å²) in [6, 6.07) is 10.1. The van der Waals surface area contributed by atoms with Crippen LogP contribution in [0.2, 0.25) is 20.1 Å². The molecule has 1 aliphatic rings. The second-order valence-corrected chi connectivity index (χ2v) is 9.50. The third-order valence-electron chi connectivity index (χ3n) is 5.27. The van der Waals surface area contributed by atoms with Gasteiger partial charge in [-0.15, -0.1) is 0 Å². The van der Waals surface area contributed by atoms with Crippen molar-refractivity contribution in [3.63, 3.8) is 0 Å². The molecule has 0 spiro atoms. The smallest absolute Gasteiger partial charge is 0.416 e. The van der Waals surface area contributed by atoms with E-state index in [2.05, 4.69) is 0 Å². The molecular formula is C25H13Cl4F3N2O4. The summed E-state index contributed by atoms with van der Waals surface area (Å²) < 4.78 is 45.6. The lowest BCUT2D eigenvalue weighted by atomic mass is 10.1. The molecule has 1 heterocycles. The Morgan fingerprint density at radius 1 is 0.868 bits per heavy atom. The molecule has 0 saturated carbocycles. The number of hydrogen-bond acceptors (Lipinski definition) is 4. The minimum absolute atomic E-state index is 0.0271. The van der Waals surface area contributed by atoms with Gasteiger partial charge in [0, 0.05) is 10.6 Å². The lowest BCUT2D eigenvalue weighted by molar-refractivity contribution is -0.137. The average molecular weight is 604 g/mol. The molecule has 3 aromatic carbocycles. The summed E-state index contributed by atoms with van der Waals surface area (Å²) in [4.78, 5) is 38.7. The molecule has 13 heteroatoms. The minimum Gasteiger partial charge on any atom is -0.488 e. The van der Waals surface area contributed by atoms with Crippen molar-refractivity contribution in [1.29, 1.82) is 0 Å². The molecule has 0 aliphatic carbocycles. The van der Waals surface area contributed by atoms with Crippen LogP contribution >= 0.6 is 46.4 Å². The Balaban J connectivity index is 1.71. The largest absolute Gasteiger partial charge is 0.488 e. The highest BCUT2D eigenvalue weighted by Crippen LogP contribution is 2.37. The zero-order chi connectivity index (χ0) is 27.8. The number of barbiturate groups is 1. The Hall–Kier alpha value is -3.24. The number of hydrogen-bond donors (Lipinski definition) is 1. The van der Waals surface area contributed by atoms with E-state index in [9.17, 15) is 27.6 Å². The predicted octanol–water partition coefficient (Wildman–Crippen LogP) is 7.56. The van der Waals surface area contributed by atoms with Crippen LogP contribution in [0, 0.1) is 0 Å². The van der Waals surface area contributed by atoms with Gasteiger partial charge in [0.25, 0.3) is 11.8 Å². The van der Waals surface area contributed by atoms with Crippen LogP contribution in [-0.4, -0.2) is 17.8 Å². The van der Waals surface area contributed by atoms with Crippen LogP contribution in [0.25, 0.3) is 6.08 Å². The first-order chi connectivity index (χ1) is 17.8. The first-order valence-corrected chi connectivity index (χ1v) is 12.0. The number of anilines is 1. The third-order valence-corrected chi connectivity index (χ3v) is 6.56. The van der Waals surface area contributed by atoms with Crippen LogP contribution in [0.4, 0.5) is 23.7 Å². The molecule has 6 nitrogen and oxygen atoms in total. The SMILES string of the molecule is O=C1NC(=O)N(c2cc(C(F)(F)F)ccc2Cl)C(=O)/C1=C\c1cc(Cl)ccc1OCc1ccc(Cl)c(Cl)c1. The number of imide groups is 2. The molecule has 1 saturated heterocycles. The molecule has 0 atom stereocenters. The first-order valence-electron chi connectivity index (χ1n) is 10.5. The Morgan fingerprint density at radius 2 is 1.58 bits per heavy atom. The molecule has 1 aliphatic heterocycles. The summed E-state index contributed by atoms with van der Waals surface area (Å²) >= 11 is 24.1. The highest BCUT2D eigenvalue weighted by molar-refractivity contribution is 6.42. The normalized spacial score (nSPS) is 15.2. The quantitative estimate of drug-likeness (QED) is 0.241. The molecular weight excluding hydrogens is 591 g/mol. The number of carbonyl (C=O) groups excluding carboxylic acids is 3. The third kappa shape index (κ3) is 5.91. The molecule has 1 fully saturated rings. The lowest BCUT2D eigenvalue weighted by Crippen LogP contribution is -2.54. The molecule has 4 rings (SSSR count). The molecule has 3 aromatic rings. The van der Waals surface area contributed by atoms with E-state index in [1.165, 1.54) is 18.2 Å². The van der Waals surface area contributed by atoms with Crippen LogP contribution in [0.1, 0.15) is 16.7 Å². The number of rotatable bonds is 5.